The van der Waals surface area contributed by atoms with Crippen molar-refractivity contribution in [2.24, 2.45) is 5.92 Å². The molecule has 1 nitrogen and oxygen atoms in total. The van der Waals surface area contributed by atoms with Crippen LogP contribution in [0.4, 0.5) is 4.39 Å². The topological polar surface area (TPSA) is 12.0 Å². The van der Waals surface area contributed by atoms with E-state index in [2.05, 4.69) is 35.1 Å². The first kappa shape index (κ1) is 13.7. The Kier molecular flexibility index (Phi) is 5.42. The summed E-state index contributed by atoms with van der Waals surface area (Å²) >= 11 is 3.17. The fourth-order valence-electron chi connectivity index (χ4n) is 1.71. The van der Waals surface area contributed by atoms with Gasteiger partial charge in [-0.2, -0.15) is 0 Å². The van der Waals surface area contributed by atoms with Crippen LogP contribution < -0.4 is 5.32 Å². The second-order valence-electron chi connectivity index (χ2n) is 4.49. The third kappa shape index (κ3) is 3.87. The Bertz CT molecular complexity index is 339. The average Bonchev–Trinajstić information content (AvgIpc) is 2.23. The summed E-state index contributed by atoms with van der Waals surface area (Å²) in [6, 6.07) is 5.58. The van der Waals surface area contributed by atoms with Crippen molar-refractivity contribution < 1.29 is 4.39 Å². The third-order valence-electron chi connectivity index (χ3n) is 2.73. The normalized spacial score (nSPS) is 13.1. The molecule has 0 saturated heterocycles. The lowest BCUT2D eigenvalue weighted by Crippen LogP contribution is -2.17. The van der Waals surface area contributed by atoms with E-state index in [0.29, 0.717) is 10.4 Å². The maximum atomic E-state index is 13.4. The number of hydrogen-bond acceptors (Lipinski definition) is 1. The molecule has 0 aromatic heterocycles. The van der Waals surface area contributed by atoms with Crippen molar-refractivity contribution >= 4 is 15.9 Å². The van der Waals surface area contributed by atoms with Gasteiger partial charge in [-0.15, -0.1) is 0 Å². The van der Waals surface area contributed by atoms with Crippen molar-refractivity contribution in [2.45, 2.75) is 32.7 Å². The molecule has 3 heteroatoms. The largest absolute Gasteiger partial charge is 0.313 e. The molecule has 1 aromatic carbocycles. The molecule has 0 radical (unpaired) electrons. The summed E-state index contributed by atoms with van der Waals surface area (Å²) in [7, 11) is 1.92. The molecular weight excluding hydrogens is 269 g/mol. The molecule has 0 amide bonds. The highest BCUT2D eigenvalue weighted by atomic mass is 79.9. The van der Waals surface area contributed by atoms with Gasteiger partial charge in [-0.25, -0.2) is 4.39 Å². The minimum absolute atomic E-state index is 0.192. The molecule has 0 aliphatic heterocycles. The molecule has 0 bridgehead atoms. The van der Waals surface area contributed by atoms with Crippen molar-refractivity contribution in [1.29, 1.82) is 0 Å². The molecule has 0 spiro atoms. The Morgan fingerprint density at radius 3 is 2.50 bits per heavy atom. The predicted molar refractivity (Wildman–Crippen MR) is 70.0 cm³/mol. The van der Waals surface area contributed by atoms with E-state index >= 15 is 0 Å². The van der Waals surface area contributed by atoms with Crippen molar-refractivity contribution in [1.82, 2.24) is 5.32 Å². The van der Waals surface area contributed by atoms with Gasteiger partial charge in [0.1, 0.15) is 5.82 Å². The van der Waals surface area contributed by atoms with E-state index in [1.807, 2.05) is 13.1 Å². The third-order valence-corrected chi connectivity index (χ3v) is 3.37. The minimum atomic E-state index is -0.192. The second-order valence-corrected chi connectivity index (χ2v) is 5.34. The molecule has 1 rings (SSSR count). The van der Waals surface area contributed by atoms with Crippen molar-refractivity contribution in [3.63, 3.8) is 0 Å². The van der Waals surface area contributed by atoms with E-state index in [1.54, 1.807) is 12.1 Å². The monoisotopic (exact) mass is 287 g/mol. The van der Waals surface area contributed by atoms with Crippen molar-refractivity contribution in [3.05, 3.63) is 34.1 Å². The number of halogens is 2. The molecule has 0 fully saturated rings. The van der Waals surface area contributed by atoms with E-state index in [0.717, 1.165) is 18.4 Å². The Morgan fingerprint density at radius 2 is 2.00 bits per heavy atom. The lowest BCUT2D eigenvalue weighted by molar-refractivity contribution is 0.463. The van der Waals surface area contributed by atoms with Gasteiger partial charge in [0.05, 0.1) is 4.47 Å². The number of hydrogen-bond donors (Lipinski definition) is 1. The Morgan fingerprint density at radius 1 is 1.31 bits per heavy atom. The molecule has 0 saturated carbocycles. The lowest BCUT2D eigenvalue weighted by Gasteiger charge is -2.18. The molecule has 1 unspecified atom stereocenters. The van der Waals surface area contributed by atoms with Gasteiger partial charge in [-0.05, 0) is 59.4 Å². The van der Waals surface area contributed by atoms with Gasteiger partial charge in [-0.3, -0.25) is 0 Å². The van der Waals surface area contributed by atoms with Crippen LogP contribution in [0.15, 0.2) is 22.7 Å². The number of rotatable bonds is 5. The van der Waals surface area contributed by atoms with Crippen LogP contribution in [0.3, 0.4) is 0 Å². The summed E-state index contributed by atoms with van der Waals surface area (Å²) in [5, 5.41) is 3.24. The van der Waals surface area contributed by atoms with Crippen LogP contribution in [0.2, 0.25) is 0 Å². The maximum absolute atomic E-state index is 13.4. The van der Waals surface area contributed by atoms with Gasteiger partial charge < -0.3 is 5.32 Å². The van der Waals surface area contributed by atoms with Crippen LogP contribution in [0.5, 0.6) is 0 Å². The molecular formula is C13H19BrFN. The highest BCUT2D eigenvalue weighted by molar-refractivity contribution is 9.10. The molecule has 1 N–H and O–H groups in total. The molecule has 0 aliphatic rings. The Balaban J connectivity index is 2.74. The summed E-state index contributed by atoms with van der Waals surface area (Å²) in [6.45, 7) is 4.41. The van der Waals surface area contributed by atoms with Gasteiger partial charge in [0, 0.05) is 6.04 Å². The van der Waals surface area contributed by atoms with E-state index in [9.17, 15) is 4.39 Å². The van der Waals surface area contributed by atoms with Gasteiger partial charge in [0.2, 0.25) is 0 Å². The predicted octanol–water partition coefficient (Wildman–Crippen LogP) is 4.28. The summed E-state index contributed by atoms with van der Waals surface area (Å²) < 4.78 is 13.9. The van der Waals surface area contributed by atoms with Gasteiger partial charge in [0.25, 0.3) is 0 Å². The van der Waals surface area contributed by atoms with Crippen LogP contribution in [0, 0.1) is 11.7 Å². The fourth-order valence-corrected chi connectivity index (χ4v) is 1.95. The van der Waals surface area contributed by atoms with E-state index in [-0.39, 0.29) is 11.9 Å². The second kappa shape index (κ2) is 6.36. The Hall–Kier alpha value is -0.410. The molecule has 1 aromatic rings. The molecule has 0 heterocycles. The zero-order valence-corrected chi connectivity index (χ0v) is 11.6. The highest BCUT2D eigenvalue weighted by Crippen LogP contribution is 2.24. The zero-order chi connectivity index (χ0) is 12.1. The average molecular weight is 288 g/mol. The highest BCUT2D eigenvalue weighted by Gasteiger charge is 2.11. The van der Waals surface area contributed by atoms with Gasteiger partial charge >= 0.3 is 0 Å². The summed E-state index contributed by atoms with van der Waals surface area (Å²) in [5.41, 5.74) is 1.02. The molecule has 1 atom stereocenters. The zero-order valence-electron chi connectivity index (χ0n) is 10.1. The summed E-state index contributed by atoms with van der Waals surface area (Å²) in [4.78, 5) is 0. The van der Waals surface area contributed by atoms with E-state index in [4.69, 9.17) is 0 Å². The van der Waals surface area contributed by atoms with Gasteiger partial charge in [-0.1, -0.05) is 19.9 Å². The van der Waals surface area contributed by atoms with E-state index in [1.165, 1.54) is 0 Å². The lowest BCUT2D eigenvalue weighted by atomic mass is 9.98. The number of nitrogens with one attached hydrogen (secondary N) is 1. The van der Waals surface area contributed by atoms with Crippen LogP contribution in [0.25, 0.3) is 0 Å². The standard InChI is InChI=1S/C13H19BrFN/c1-9(2)4-7-13(16-3)10-5-6-11(14)12(15)8-10/h5-6,8-9,13,16H,4,7H2,1-3H3. The Labute approximate surface area is 106 Å². The molecule has 16 heavy (non-hydrogen) atoms. The SMILES string of the molecule is CNC(CCC(C)C)c1ccc(Br)c(F)c1. The van der Waals surface area contributed by atoms with Crippen molar-refractivity contribution in [3.8, 4) is 0 Å². The van der Waals surface area contributed by atoms with Crippen molar-refractivity contribution in [2.75, 3.05) is 7.05 Å². The fraction of sp³-hybridized carbons (Fsp3) is 0.538. The van der Waals surface area contributed by atoms with Gasteiger partial charge in [0.15, 0.2) is 0 Å². The minimum Gasteiger partial charge on any atom is -0.313 e. The number of benzene rings is 1. The van der Waals surface area contributed by atoms with Crippen LogP contribution in [0.1, 0.15) is 38.3 Å². The summed E-state index contributed by atoms with van der Waals surface area (Å²) in [6.07, 6.45) is 2.18. The smallest absolute Gasteiger partial charge is 0.137 e. The van der Waals surface area contributed by atoms with Crippen LogP contribution in [-0.2, 0) is 0 Å². The first-order valence-electron chi connectivity index (χ1n) is 5.66. The van der Waals surface area contributed by atoms with Crippen LogP contribution >= 0.6 is 15.9 Å². The molecule has 0 aliphatic carbocycles. The van der Waals surface area contributed by atoms with Crippen LogP contribution in [-0.4, -0.2) is 7.05 Å². The maximum Gasteiger partial charge on any atom is 0.137 e. The van der Waals surface area contributed by atoms with E-state index < -0.39 is 0 Å². The quantitative estimate of drug-likeness (QED) is 0.852. The summed E-state index contributed by atoms with van der Waals surface area (Å²) in [5.74, 6) is 0.485. The molecule has 90 valence electrons. The first-order valence-corrected chi connectivity index (χ1v) is 6.46. The first-order chi connectivity index (χ1) is 7.54.